The van der Waals surface area contributed by atoms with Gasteiger partial charge < -0.3 is 0 Å². The molecule has 0 aliphatic carbocycles. The fourth-order valence-corrected chi connectivity index (χ4v) is 0.259. The third-order valence-corrected chi connectivity index (χ3v) is 0.550. The summed E-state index contributed by atoms with van der Waals surface area (Å²) in [6, 6.07) is 0. The maximum atomic E-state index is 4.77. The van der Waals surface area contributed by atoms with Crippen LogP contribution in [0.1, 0.15) is 0 Å². The first-order valence-electron chi connectivity index (χ1n) is 1.16. The quantitative estimate of drug-likeness (QED) is 0.177. The van der Waals surface area contributed by atoms with E-state index in [1.807, 2.05) is 0 Å². The fourth-order valence-electron chi connectivity index (χ4n) is 0.0386. The van der Waals surface area contributed by atoms with Gasteiger partial charge in [-0.05, 0) is 0 Å². The van der Waals surface area contributed by atoms with Gasteiger partial charge in [-0.3, -0.25) is 5.84 Å². The summed E-state index contributed by atoms with van der Waals surface area (Å²) in [7, 11) is 0. The summed E-state index contributed by atoms with van der Waals surface area (Å²) < 4.78 is 0.828. The van der Waals surface area contributed by atoms with E-state index < -0.39 is 0 Å². The van der Waals surface area contributed by atoms with Crippen molar-refractivity contribution in [3.05, 3.63) is 0 Å². The van der Waals surface area contributed by atoms with Gasteiger partial charge in [0.2, 0.25) is 0 Å². The molecule has 0 atom stereocenters. The summed E-state index contributed by atoms with van der Waals surface area (Å²) in [5, 5.41) is 0. The molecule has 4 heteroatoms. The van der Waals surface area contributed by atoms with Crippen LogP contribution >= 0.6 is 22.6 Å². The molecular formula is CH6IN3. The molecule has 0 saturated heterocycles. The predicted octanol–water partition coefficient (Wildman–Crippen LogP) is -0.653. The minimum atomic E-state index is 0.828. The summed E-state index contributed by atoms with van der Waals surface area (Å²) in [5.41, 5.74) is 4.89. The molecular weight excluding hydrogens is 181 g/mol. The molecule has 0 fully saturated rings. The summed E-state index contributed by atoms with van der Waals surface area (Å²) in [6.07, 6.45) is 0. The number of hydrogen-bond acceptors (Lipinski definition) is 3. The maximum Gasteiger partial charge on any atom is 0.0632 e. The van der Waals surface area contributed by atoms with Crippen molar-refractivity contribution in [3.63, 3.8) is 0 Å². The molecule has 0 spiro atoms. The van der Waals surface area contributed by atoms with Gasteiger partial charge in [0.1, 0.15) is 0 Å². The second-order valence-corrected chi connectivity index (χ2v) is 1.22. The zero-order valence-electron chi connectivity index (χ0n) is 2.66. The summed E-state index contributed by atoms with van der Waals surface area (Å²) in [6.45, 7) is 0. The fraction of sp³-hybridized carbons (Fsp3) is 1.00. The highest BCUT2D eigenvalue weighted by molar-refractivity contribution is 14.1. The Morgan fingerprint density at radius 1 is 1.80 bits per heavy atom. The lowest BCUT2D eigenvalue weighted by molar-refractivity contribution is 0.623. The van der Waals surface area contributed by atoms with Crippen LogP contribution in [0.2, 0.25) is 0 Å². The molecule has 5 heavy (non-hydrogen) atoms. The second-order valence-electron chi connectivity index (χ2n) is 0.455. The SMILES string of the molecule is NNNCI. The molecule has 0 rings (SSSR count). The van der Waals surface area contributed by atoms with E-state index in [1.54, 1.807) is 0 Å². The molecule has 0 saturated carbocycles. The number of hydrazine groups is 2. The van der Waals surface area contributed by atoms with Crippen molar-refractivity contribution in [1.29, 1.82) is 0 Å². The van der Waals surface area contributed by atoms with Gasteiger partial charge in [-0.2, -0.15) is 5.53 Å². The summed E-state index contributed by atoms with van der Waals surface area (Å²) in [4.78, 5) is 0. The van der Waals surface area contributed by atoms with E-state index in [2.05, 4.69) is 33.6 Å². The van der Waals surface area contributed by atoms with E-state index >= 15 is 0 Å². The monoisotopic (exact) mass is 187 g/mol. The summed E-state index contributed by atoms with van der Waals surface area (Å²) >= 11 is 2.13. The van der Waals surface area contributed by atoms with Crippen molar-refractivity contribution in [3.8, 4) is 0 Å². The number of halogens is 1. The van der Waals surface area contributed by atoms with Gasteiger partial charge in [0, 0.05) is 0 Å². The molecule has 3 nitrogen and oxygen atoms in total. The second kappa shape index (κ2) is 4.61. The summed E-state index contributed by atoms with van der Waals surface area (Å²) in [5.74, 6) is 4.77. The third-order valence-electron chi connectivity index (χ3n) is 0.169. The normalized spacial score (nSPS) is 8.40. The lowest BCUT2D eigenvalue weighted by Gasteiger charge is -1.88. The van der Waals surface area contributed by atoms with Gasteiger partial charge >= 0.3 is 0 Å². The minimum Gasteiger partial charge on any atom is -0.258 e. The number of hydrogen-bond donors (Lipinski definition) is 3. The van der Waals surface area contributed by atoms with Gasteiger partial charge in [-0.25, -0.2) is 5.43 Å². The molecule has 0 unspecified atom stereocenters. The molecule has 32 valence electrons. The van der Waals surface area contributed by atoms with Crippen molar-refractivity contribution < 1.29 is 0 Å². The van der Waals surface area contributed by atoms with Crippen LogP contribution in [0.25, 0.3) is 0 Å². The zero-order chi connectivity index (χ0) is 4.12. The van der Waals surface area contributed by atoms with Gasteiger partial charge in [0.15, 0.2) is 0 Å². The molecule has 0 aromatic heterocycles. The average Bonchev–Trinajstić information content (AvgIpc) is 1.41. The lowest BCUT2D eigenvalue weighted by Crippen LogP contribution is -2.36. The van der Waals surface area contributed by atoms with E-state index in [0.717, 1.165) is 4.55 Å². The third kappa shape index (κ3) is 4.61. The van der Waals surface area contributed by atoms with Crippen LogP contribution in [-0.4, -0.2) is 4.55 Å². The minimum absolute atomic E-state index is 0.828. The van der Waals surface area contributed by atoms with E-state index in [1.165, 1.54) is 0 Å². The first kappa shape index (κ1) is 5.61. The van der Waals surface area contributed by atoms with Gasteiger partial charge in [0.05, 0.1) is 4.55 Å². The molecule has 0 aromatic carbocycles. The van der Waals surface area contributed by atoms with Crippen molar-refractivity contribution in [2.45, 2.75) is 0 Å². The molecule has 0 aliphatic rings. The van der Waals surface area contributed by atoms with Crippen LogP contribution in [0.3, 0.4) is 0 Å². The van der Waals surface area contributed by atoms with Gasteiger partial charge in [-0.15, -0.1) is 0 Å². The first-order chi connectivity index (χ1) is 2.41. The van der Waals surface area contributed by atoms with E-state index in [-0.39, 0.29) is 0 Å². The molecule has 0 bridgehead atoms. The van der Waals surface area contributed by atoms with Crippen molar-refractivity contribution in [2.24, 2.45) is 5.84 Å². The average molecular weight is 187 g/mol. The van der Waals surface area contributed by atoms with Crippen LogP contribution in [-0.2, 0) is 0 Å². The van der Waals surface area contributed by atoms with Crippen LogP contribution in [0.15, 0.2) is 0 Å². The molecule has 4 N–H and O–H groups in total. The van der Waals surface area contributed by atoms with E-state index in [0.29, 0.717) is 0 Å². The number of alkyl halides is 1. The smallest absolute Gasteiger partial charge is 0.0632 e. The van der Waals surface area contributed by atoms with Crippen molar-refractivity contribution in [1.82, 2.24) is 11.0 Å². The Kier molecular flexibility index (Phi) is 5.17. The standard InChI is InChI=1S/CH6IN3/c2-1-4-5-3/h4-5H,1,3H2. The maximum absolute atomic E-state index is 4.77. The highest BCUT2D eigenvalue weighted by atomic mass is 127. The Balaban J connectivity index is 2.19. The zero-order valence-corrected chi connectivity index (χ0v) is 4.82. The Labute approximate surface area is 44.4 Å². The highest BCUT2D eigenvalue weighted by Gasteiger charge is 1.61. The van der Waals surface area contributed by atoms with Crippen LogP contribution in [0.4, 0.5) is 0 Å². The van der Waals surface area contributed by atoms with Gasteiger partial charge in [-0.1, -0.05) is 22.6 Å². The lowest BCUT2D eigenvalue weighted by atomic mass is 11.5. The topological polar surface area (TPSA) is 50.1 Å². The van der Waals surface area contributed by atoms with Crippen LogP contribution in [0, 0.1) is 0 Å². The molecule has 0 aromatic rings. The Morgan fingerprint density at radius 3 is 2.40 bits per heavy atom. The molecule has 0 aliphatic heterocycles. The van der Waals surface area contributed by atoms with E-state index in [4.69, 9.17) is 5.84 Å². The first-order valence-corrected chi connectivity index (χ1v) is 2.69. The molecule has 0 amide bonds. The van der Waals surface area contributed by atoms with Crippen molar-refractivity contribution >= 4 is 22.6 Å². The Bertz CT molecular complexity index is 14.4. The van der Waals surface area contributed by atoms with Crippen molar-refractivity contribution in [2.75, 3.05) is 4.55 Å². The molecule has 0 heterocycles. The largest absolute Gasteiger partial charge is 0.258 e. The highest BCUT2D eigenvalue weighted by Crippen LogP contribution is 1.65. The number of nitrogens with two attached hydrogens (primary N) is 1. The predicted molar refractivity (Wildman–Crippen MR) is 29.3 cm³/mol. The number of nitrogens with one attached hydrogen (secondary N) is 2. The Morgan fingerprint density at radius 2 is 2.40 bits per heavy atom. The van der Waals surface area contributed by atoms with Gasteiger partial charge in [0.25, 0.3) is 0 Å². The van der Waals surface area contributed by atoms with Crippen LogP contribution in [0.5, 0.6) is 0 Å². The Hall–Kier alpha value is 0.610. The number of rotatable bonds is 2. The molecule has 0 radical (unpaired) electrons. The van der Waals surface area contributed by atoms with E-state index in [9.17, 15) is 0 Å². The van der Waals surface area contributed by atoms with Crippen LogP contribution < -0.4 is 16.8 Å².